The molecule has 2 N–H and O–H groups in total. The predicted molar refractivity (Wildman–Crippen MR) is 104 cm³/mol. The largest absolute Gasteiger partial charge is 0.278 e. The highest BCUT2D eigenvalue weighted by Gasteiger charge is 2.20. The van der Waals surface area contributed by atoms with Crippen LogP contribution < -0.4 is 10.1 Å². The summed E-state index contributed by atoms with van der Waals surface area (Å²) in [5.74, 6) is -0.0728. The summed E-state index contributed by atoms with van der Waals surface area (Å²) in [6.45, 7) is 2.10. The number of anilines is 1. The van der Waals surface area contributed by atoms with Gasteiger partial charge in [-0.15, -0.1) is 11.3 Å². The number of carbonyl (C=O) groups is 1. The molecule has 138 valence electrons. The number of sulfonamides is 1. The normalized spacial score (nSPS) is 19.3. The molecule has 0 radical (unpaired) electrons. The molecule has 1 aromatic carbocycles. The minimum Gasteiger partial charge on any atom is -0.278 e. The molecule has 0 bridgehead atoms. The molecule has 1 heterocycles. The van der Waals surface area contributed by atoms with Crippen molar-refractivity contribution in [3.63, 3.8) is 0 Å². The number of carbonyl (C=O) groups excluding carboxylic acids is 1. The van der Waals surface area contributed by atoms with Gasteiger partial charge in [-0.2, -0.15) is 5.10 Å². The molecular weight excluding hydrogens is 370 g/mol. The maximum absolute atomic E-state index is 12.5. The van der Waals surface area contributed by atoms with Gasteiger partial charge in [-0.1, -0.05) is 31.5 Å². The molecule has 0 spiro atoms. The van der Waals surface area contributed by atoms with Gasteiger partial charge in [0.25, 0.3) is 15.9 Å². The van der Waals surface area contributed by atoms with Gasteiger partial charge in [-0.3, -0.25) is 9.52 Å². The Morgan fingerprint density at radius 1 is 1.19 bits per heavy atom. The van der Waals surface area contributed by atoms with Crippen LogP contribution in [0.1, 0.15) is 43.0 Å². The van der Waals surface area contributed by atoms with Crippen molar-refractivity contribution >= 4 is 38.7 Å². The molecular formula is C18H21N3O3S2. The molecule has 8 heteroatoms. The third-order valence-electron chi connectivity index (χ3n) is 4.37. The van der Waals surface area contributed by atoms with Gasteiger partial charge in [0.2, 0.25) is 0 Å². The number of nitrogens with zero attached hydrogens (tertiary/aromatic N) is 1. The summed E-state index contributed by atoms with van der Waals surface area (Å²) < 4.78 is 27.5. The van der Waals surface area contributed by atoms with Crippen LogP contribution in [0.2, 0.25) is 0 Å². The summed E-state index contributed by atoms with van der Waals surface area (Å²) in [6.07, 6.45) is 4.22. The Hall–Kier alpha value is -2.19. The zero-order valence-electron chi connectivity index (χ0n) is 14.4. The lowest BCUT2D eigenvalue weighted by Crippen LogP contribution is -2.25. The molecule has 3 rings (SSSR count). The number of hydrogen-bond donors (Lipinski definition) is 2. The summed E-state index contributed by atoms with van der Waals surface area (Å²) in [4.78, 5) is 12.5. The van der Waals surface area contributed by atoms with Crippen LogP contribution in [0.5, 0.6) is 0 Å². The van der Waals surface area contributed by atoms with E-state index in [9.17, 15) is 13.2 Å². The molecule has 1 fully saturated rings. The smallest absolute Gasteiger partial charge is 0.273 e. The Labute approximate surface area is 157 Å². The van der Waals surface area contributed by atoms with Gasteiger partial charge < -0.3 is 0 Å². The molecule has 1 amide bonds. The molecule has 1 aromatic heterocycles. The van der Waals surface area contributed by atoms with Gasteiger partial charge in [0.1, 0.15) is 4.21 Å². The van der Waals surface area contributed by atoms with E-state index in [1.54, 1.807) is 35.7 Å². The third kappa shape index (κ3) is 4.31. The fraction of sp³-hybridized carbons (Fsp3) is 0.333. The molecule has 2 aromatic rings. The first kappa shape index (κ1) is 18.6. The number of amides is 1. The average Bonchev–Trinajstić information content (AvgIpc) is 3.17. The summed E-state index contributed by atoms with van der Waals surface area (Å²) in [5, 5.41) is 5.96. The molecule has 26 heavy (non-hydrogen) atoms. The zero-order valence-corrected chi connectivity index (χ0v) is 16.1. The quantitative estimate of drug-likeness (QED) is 0.759. The van der Waals surface area contributed by atoms with E-state index in [2.05, 4.69) is 22.2 Å². The highest BCUT2D eigenvalue weighted by Crippen LogP contribution is 2.23. The second-order valence-electron chi connectivity index (χ2n) is 6.27. The van der Waals surface area contributed by atoms with Crippen LogP contribution in [0.4, 0.5) is 5.69 Å². The second-order valence-corrected chi connectivity index (χ2v) is 9.13. The topological polar surface area (TPSA) is 87.6 Å². The lowest BCUT2D eigenvalue weighted by molar-refractivity contribution is 0.0955. The van der Waals surface area contributed by atoms with Crippen LogP contribution in [-0.4, -0.2) is 20.0 Å². The van der Waals surface area contributed by atoms with Crippen LogP contribution in [0.15, 0.2) is 51.1 Å². The van der Waals surface area contributed by atoms with Gasteiger partial charge in [0.15, 0.2) is 0 Å². The molecule has 1 aliphatic carbocycles. The van der Waals surface area contributed by atoms with Gasteiger partial charge in [-0.25, -0.2) is 13.8 Å². The zero-order chi connectivity index (χ0) is 18.6. The fourth-order valence-corrected chi connectivity index (χ4v) is 4.97. The Morgan fingerprint density at radius 2 is 2.00 bits per heavy atom. The molecule has 0 saturated heterocycles. The van der Waals surface area contributed by atoms with Crippen LogP contribution in [0, 0.1) is 5.92 Å². The third-order valence-corrected chi connectivity index (χ3v) is 7.13. The number of para-hydroxylation sites is 1. The Balaban J connectivity index is 1.78. The highest BCUT2D eigenvalue weighted by atomic mass is 32.2. The number of hydrogen-bond acceptors (Lipinski definition) is 5. The van der Waals surface area contributed by atoms with Crippen molar-refractivity contribution in [1.29, 1.82) is 0 Å². The summed E-state index contributed by atoms with van der Waals surface area (Å²) in [7, 11) is -3.72. The fourth-order valence-electron chi connectivity index (χ4n) is 2.90. The predicted octanol–water partition coefficient (Wildman–Crippen LogP) is 3.84. The molecule has 0 aliphatic heterocycles. The van der Waals surface area contributed by atoms with Crippen molar-refractivity contribution in [1.82, 2.24) is 5.43 Å². The van der Waals surface area contributed by atoms with Crippen LogP contribution in [0.3, 0.4) is 0 Å². The number of thiophene rings is 1. The van der Waals surface area contributed by atoms with Crippen LogP contribution in [0.25, 0.3) is 0 Å². The maximum Gasteiger partial charge on any atom is 0.273 e. The van der Waals surface area contributed by atoms with E-state index < -0.39 is 15.9 Å². The van der Waals surface area contributed by atoms with Gasteiger partial charge >= 0.3 is 0 Å². The number of hydrazone groups is 1. The van der Waals surface area contributed by atoms with E-state index in [1.165, 1.54) is 12.5 Å². The monoisotopic (exact) mass is 391 g/mol. The van der Waals surface area contributed by atoms with Gasteiger partial charge in [0, 0.05) is 5.71 Å². The maximum atomic E-state index is 12.5. The molecule has 1 saturated carbocycles. The molecule has 1 aliphatic rings. The Kier molecular flexibility index (Phi) is 5.73. The van der Waals surface area contributed by atoms with Crippen molar-refractivity contribution in [2.75, 3.05) is 4.72 Å². The standard InChI is InChI=1S/C18H21N3O3S2/c1-13-7-2-4-9-15(13)19-20-18(22)14-8-3-5-10-16(14)21-26(23,24)17-11-6-12-25-17/h3,5-6,8,10-13,21H,2,4,7,9H2,1H3,(H,20,22)/t13-/m1/s1. The molecule has 6 nitrogen and oxygen atoms in total. The van der Waals surface area contributed by atoms with E-state index in [4.69, 9.17) is 0 Å². The Bertz CT molecular complexity index is 906. The van der Waals surface area contributed by atoms with E-state index in [-0.39, 0.29) is 15.5 Å². The first-order chi connectivity index (χ1) is 12.5. The SMILES string of the molecule is C[C@@H]1CCCCC1=NNC(=O)c1ccccc1NS(=O)(=O)c1cccs1. The Morgan fingerprint density at radius 3 is 2.73 bits per heavy atom. The van der Waals surface area contributed by atoms with Gasteiger partial charge in [-0.05, 0) is 48.8 Å². The van der Waals surface area contributed by atoms with E-state index >= 15 is 0 Å². The van der Waals surface area contributed by atoms with E-state index in [0.717, 1.165) is 36.3 Å². The van der Waals surface area contributed by atoms with Crippen molar-refractivity contribution in [3.05, 3.63) is 47.3 Å². The van der Waals surface area contributed by atoms with Gasteiger partial charge in [0.05, 0.1) is 11.3 Å². The second kappa shape index (κ2) is 8.01. The van der Waals surface area contributed by atoms with Crippen molar-refractivity contribution in [3.8, 4) is 0 Å². The lowest BCUT2D eigenvalue weighted by Gasteiger charge is -2.20. The minimum atomic E-state index is -3.72. The lowest BCUT2D eigenvalue weighted by atomic mass is 9.89. The first-order valence-corrected chi connectivity index (χ1v) is 10.9. The van der Waals surface area contributed by atoms with E-state index in [0.29, 0.717) is 5.92 Å². The summed E-state index contributed by atoms with van der Waals surface area (Å²) in [6, 6.07) is 9.69. The number of benzene rings is 1. The average molecular weight is 392 g/mol. The molecule has 0 unspecified atom stereocenters. The first-order valence-electron chi connectivity index (χ1n) is 8.49. The van der Waals surface area contributed by atoms with Crippen molar-refractivity contribution in [2.24, 2.45) is 11.0 Å². The number of nitrogens with one attached hydrogen (secondary N) is 2. The van der Waals surface area contributed by atoms with Crippen molar-refractivity contribution in [2.45, 2.75) is 36.8 Å². The summed E-state index contributed by atoms with van der Waals surface area (Å²) in [5.41, 5.74) is 4.03. The minimum absolute atomic E-state index is 0.198. The number of rotatable bonds is 5. The van der Waals surface area contributed by atoms with Crippen molar-refractivity contribution < 1.29 is 13.2 Å². The molecule has 1 atom stereocenters. The highest BCUT2D eigenvalue weighted by molar-refractivity contribution is 7.94. The summed E-state index contributed by atoms with van der Waals surface area (Å²) >= 11 is 1.12. The van der Waals surface area contributed by atoms with Crippen LogP contribution in [-0.2, 0) is 10.0 Å². The van der Waals surface area contributed by atoms with Crippen LogP contribution >= 0.6 is 11.3 Å². The van der Waals surface area contributed by atoms with E-state index in [1.807, 2.05) is 0 Å².